The van der Waals surface area contributed by atoms with E-state index in [2.05, 4.69) is 4.99 Å². The third-order valence-electron chi connectivity index (χ3n) is 4.27. The third-order valence-corrected chi connectivity index (χ3v) is 5.29. The smallest absolute Gasteiger partial charge is 0.344 e. The van der Waals surface area contributed by atoms with E-state index in [1.165, 1.54) is 0 Å². The zero-order valence-electron chi connectivity index (χ0n) is 18.1. The highest BCUT2D eigenvalue weighted by Gasteiger charge is 2.33. The fourth-order valence-electron chi connectivity index (χ4n) is 2.90. The minimum Gasteiger partial charge on any atom is -0.506 e. The second-order valence-corrected chi connectivity index (χ2v) is 7.66. The number of carboxylic acid groups (broad SMARTS) is 1. The maximum absolute atomic E-state index is 12.5. The fraction of sp³-hybridized carbons (Fsp3) is 0.208. The molecule has 1 aliphatic heterocycles. The van der Waals surface area contributed by atoms with Crippen LogP contribution in [0.3, 0.4) is 0 Å². The van der Waals surface area contributed by atoms with Gasteiger partial charge in [-0.2, -0.15) is 0 Å². The normalized spacial score (nSPS) is 15.7. The van der Waals surface area contributed by atoms with Gasteiger partial charge in [-0.05, 0) is 49.8 Å². The van der Waals surface area contributed by atoms with Gasteiger partial charge >= 0.3 is 11.9 Å². The number of carboxylic acids is 1. The fourth-order valence-corrected chi connectivity index (χ4v) is 3.94. The first-order valence-corrected chi connectivity index (χ1v) is 11.0. The molecule has 0 amide bonds. The number of carbonyl (C=O) groups is 2. The first-order valence-electron chi connectivity index (χ1n) is 10.2. The van der Waals surface area contributed by atoms with Gasteiger partial charge in [0.2, 0.25) is 0 Å². The third kappa shape index (κ3) is 6.17. The molecule has 33 heavy (non-hydrogen) atoms. The lowest BCUT2D eigenvalue weighted by Gasteiger charge is -2.11. The summed E-state index contributed by atoms with van der Waals surface area (Å²) < 4.78 is 15.9. The van der Waals surface area contributed by atoms with Gasteiger partial charge in [0.05, 0.1) is 23.8 Å². The molecule has 2 aromatic carbocycles. The predicted molar refractivity (Wildman–Crippen MR) is 126 cm³/mol. The topological polar surface area (TPSA) is 115 Å². The van der Waals surface area contributed by atoms with E-state index in [0.29, 0.717) is 39.3 Å². The van der Waals surface area contributed by atoms with E-state index in [9.17, 15) is 14.7 Å². The molecular formula is C24H23NO7S. The zero-order valence-corrected chi connectivity index (χ0v) is 18.9. The molecule has 172 valence electrons. The Kier molecular flexibility index (Phi) is 8.15. The number of para-hydroxylation sites is 1. The Morgan fingerprint density at radius 1 is 1.03 bits per heavy atom. The first kappa shape index (κ1) is 23.9. The van der Waals surface area contributed by atoms with Crippen LogP contribution in [-0.4, -0.2) is 47.0 Å². The van der Waals surface area contributed by atoms with Crippen molar-refractivity contribution in [1.82, 2.24) is 0 Å². The van der Waals surface area contributed by atoms with Crippen LogP contribution in [0, 0.1) is 0 Å². The van der Waals surface area contributed by atoms with Crippen LogP contribution in [0.2, 0.25) is 0 Å². The van der Waals surface area contributed by atoms with Crippen LogP contribution < -0.4 is 9.47 Å². The Hall–Kier alpha value is -3.72. The molecule has 0 saturated carbocycles. The highest BCUT2D eigenvalue weighted by atomic mass is 32.2. The number of aliphatic hydroxyl groups excluding tert-OH is 1. The van der Waals surface area contributed by atoms with Gasteiger partial charge in [-0.15, -0.1) is 0 Å². The van der Waals surface area contributed by atoms with E-state index >= 15 is 0 Å². The van der Waals surface area contributed by atoms with Crippen molar-refractivity contribution in [3.8, 4) is 11.5 Å². The maximum Gasteiger partial charge on any atom is 0.344 e. The van der Waals surface area contributed by atoms with Gasteiger partial charge in [0.25, 0.3) is 0 Å². The first-order chi connectivity index (χ1) is 15.9. The SMILES string of the molecule is CCOC(=O)C1=C(O)/C(=C/c2ccc(OCC(=O)O)c(OCC)c2)SC1=Nc1ccccc1. The molecule has 2 aromatic rings. The number of hydrogen-bond donors (Lipinski definition) is 2. The largest absolute Gasteiger partial charge is 0.506 e. The van der Waals surface area contributed by atoms with E-state index in [-0.39, 0.29) is 17.9 Å². The average Bonchev–Trinajstić information content (AvgIpc) is 3.08. The van der Waals surface area contributed by atoms with Gasteiger partial charge in [0, 0.05) is 0 Å². The molecule has 1 aliphatic rings. The van der Waals surface area contributed by atoms with Crippen LogP contribution >= 0.6 is 11.8 Å². The van der Waals surface area contributed by atoms with E-state index in [1.54, 1.807) is 50.3 Å². The summed E-state index contributed by atoms with van der Waals surface area (Å²) in [4.78, 5) is 28.2. The number of aliphatic hydroxyl groups is 1. The van der Waals surface area contributed by atoms with E-state index in [1.807, 2.05) is 18.2 Å². The highest BCUT2D eigenvalue weighted by Crippen LogP contribution is 2.41. The summed E-state index contributed by atoms with van der Waals surface area (Å²) >= 11 is 1.14. The van der Waals surface area contributed by atoms with Crippen molar-refractivity contribution in [2.45, 2.75) is 13.8 Å². The molecule has 3 rings (SSSR count). The second kappa shape index (κ2) is 11.2. The summed E-state index contributed by atoms with van der Waals surface area (Å²) in [5, 5.41) is 20.0. The molecule has 0 spiro atoms. The van der Waals surface area contributed by atoms with Crippen LogP contribution in [0.15, 0.2) is 69.8 Å². The Bertz CT molecular complexity index is 1120. The lowest BCUT2D eigenvalue weighted by Crippen LogP contribution is -2.12. The average molecular weight is 470 g/mol. The van der Waals surface area contributed by atoms with Gasteiger partial charge in [0.15, 0.2) is 18.1 Å². The number of carbonyl (C=O) groups excluding carboxylic acids is 1. The molecule has 8 nitrogen and oxygen atoms in total. The van der Waals surface area contributed by atoms with Gasteiger partial charge in [-0.3, -0.25) is 0 Å². The Morgan fingerprint density at radius 2 is 1.79 bits per heavy atom. The summed E-state index contributed by atoms with van der Waals surface area (Å²) in [6.07, 6.45) is 1.68. The van der Waals surface area contributed by atoms with Crippen LogP contribution in [0.1, 0.15) is 19.4 Å². The predicted octanol–water partition coefficient (Wildman–Crippen LogP) is 4.74. The van der Waals surface area contributed by atoms with Gasteiger partial charge < -0.3 is 24.4 Å². The number of thioether (sulfide) groups is 1. The lowest BCUT2D eigenvalue weighted by atomic mass is 10.1. The minimum absolute atomic E-state index is 0.00314. The number of rotatable bonds is 9. The van der Waals surface area contributed by atoms with Crippen molar-refractivity contribution < 1.29 is 34.0 Å². The molecule has 1 heterocycles. The van der Waals surface area contributed by atoms with Gasteiger partial charge in [-0.25, -0.2) is 14.6 Å². The van der Waals surface area contributed by atoms with Crippen molar-refractivity contribution in [1.29, 1.82) is 0 Å². The molecule has 2 N–H and O–H groups in total. The van der Waals surface area contributed by atoms with Crippen molar-refractivity contribution in [2.75, 3.05) is 19.8 Å². The van der Waals surface area contributed by atoms with Crippen LogP contribution in [0.5, 0.6) is 11.5 Å². The standard InChI is InChI=1S/C24H23NO7S/c1-3-30-18-12-15(10-11-17(18)32-14-20(26)27)13-19-22(28)21(24(29)31-4-2)23(33-19)25-16-8-6-5-7-9-16/h5-13,28H,3-4,14H2,1-2H3,(H,26,27)/b19-13-,25-23?. The summed E-state index contributed by atoms with van der Waals surface area (Å²) in [5.41, 5.74) is 1.29. The van der Waals surface area contributed by atoms with Crippen LogP contribution in [0.25, 0.3) is 6.08 Å². The number of aliphatic imine (C=N–C) groups is 1. The number of esters is 1. The monoisotopic (exact) mass is 469 g/mol. The van der Waals surface area contributed by atoms with Crippen LogP contribution in [-0.2, 0) is 14.3 Å². The number of hydrogen-bond acceptors (Lipinski definition) is 8. The molecule has 0 bridgehead atoms. The molecule has 0 radical (unpaired) electrons. The number of nitrogens with zero attached hydrogens (tertiary/aromatic N) is 1. The van der Waals surface area contributed by atoms with Crippen molar-refractivity contribution in [2.24, 2.45) is 4.99 Å². The van der Waals surface area contributed by atoms with Crippen molar-refractivity contribution >= 4 is 40.5 Å². The van der Waals surface area contributed by atoms with Gasteiger partial charge in [0.1, 0.15) is 16.4 Å². The van der Waals surface area contributed by atoms with E-state index in [4.69, 9.17) is 19.3 Å². The van der Waals surface area contributed by atoms with E-state index < -0.39 is 18.5 Å². The molecule has 9 heteroatoms. The molecule has 0 saturated heterocycles. The molecule has 0 unspecified atom stereocenters. The van der Waals surface area contributed by atoms with Crippen molar-refractivity contribution in [3.05, 3.63) is 70.3 Å². The lowest BCUT2D eigenvalue weighted by molar-refractivity contribution is -0.139. The molecule has 0 fully saturated rings. The summed E-state index contributed by atoms with van der Waals surface area (Å²) in [6.45, 7) is 3.50. The molecule has 0 aromatic heterocycles. The number of ether oxygens (including phenoxy) is 3. The quantitative estimate of drug-likeness (QED) is 0.506. The maximum atomic E-state index is 12.5. The van der Waals surface area contributed by atoms with Crippen LogP contribution in [0.4, 0.5) is 5.69 Å². The van der Waals surface area contributed by atoms with Gasteiger partial charge in [-0.1, -0.05) is 36.0 Å². The highest BCUT2D eigenvalue weighted by molar-refractivity contribution is 8.18. The zero-order chi connectivity index (χ0) is 23.8. The van der Waals surface area contributed by atoms with E-state index in [0.717, 1.165) is 11.8 Å². The summed E-state index contributed by atoms with van der Waals surface area (Å²) in [5.74, 6) is -1.33. The van der Waals surface area contributed by atoms with Crippen molar-refractivity contribution in [3.63, 3.8) is 0 Å². The minimum atomic E-state index is -1.10. The Morgan fingerprint density at radius 3 is 2.45 bits per heavy atom. The molecule has 0 aliphatic carbocycles. The number of aliphatic carboxylic acids is 1. The Balaban J connectivity index is 1.98. The second-order valence-electron chi connectivity index (χ2n) is 6.63. The molecule has 0 atom stereocenters. The summed E-state index contributed by atoms with van der Waals surface area (Å²) in [6, 6.07) is 14.0. The number of benzene rings is 2. The summed E-state index contributed by atoms with van der Waals surface area (Å²) in [7, 11) is 0. The molecular weight excluding hydrogens is 446 g/mol. The Labute approximate surface area is 195 Å².